The van der Waals surface area contributed by atoms with Crippen LogP contribution in [0.2, 0.25) is 0 Å². The summed E-state index contributed by atoms with van der Waals surface area (Å²) < 4.78 is 19.5. The third-order valence-corrected chi connectivity index (χ3v) is 5.08. The zero-order valence-electron chi connectivity index (χ0n) is 16.9. The van der Waals surface area contributed by atoms with Crippen LogP contribution in [-0.2, 0) is 6.42 Å². The van der Waals surface area contributed by atoms with Gasteiger partial charge in [-0.15, -0.1) is 0 Å². The van der Waals surface area contributed by atoms with E-state index in [9.17, 15) is 14.0 Å². The molecule has 4 aromatic rings. The first-order valence-electron chi connectivity index (χ1n) is 9.94. The van der Waals surface area contributed by atoms with Crippen molar-refractivity contribution in [1.82, 2.24) is 5.32 Å². The summed E-state index contributed by atoms with van der Waals surface area (Å²) in [4.78, 5) is 25.5. The monoisotopic (exact) mass is 416 g/mol. The number of hydrogen-bond acceptors (Lipinski definition) is 3. The molecule has 0 saturated carbocycles. The van der Waals surface area contributed by atoms with Crippen LogP contribution in [0.15, 0.2) is 77.2 Å². The van der Waals surface area contributed by atoms with E-state index in [1.807, 2.05) is 30.3 Å². The Bertz CT molecular complexity index is 1250. The molecule has 1 heterocycles. The molecule has 31 heavy (non-hydrogen) atoms. The molecule has 0 aliphatic heterocycles. The van der Waals surface area contributed by atoms with Crippen molar-refractivity contribution in [3.63, 3.8) is 0 Å². The number of rotatable bonds is 6. The predicted octanol–water partition coefficient (Wildman–Crippen LogP) is 5.11. The van der Waals surface area contributed by atoms with Gasteiger partial charge in [-0.25, -0.2) is 4.39 Å². The van der Waals surface area contributed by atoms with Crippen LogP contribution in [-0.4, -0.2) is 18.4 Å². The number of fused-ring (bicyclic) bond motifs is 1. The molecule has 3 aromatic carbocycles. The van der Waals surface area contributed by atoms with Gasteiger partial charge in [0, 0.05) is 17.5 Å². The minimum atomic E-state index is -0.544. The van der Waals surface area contributed by atoms with Crippen LogP contribution in [0.4, 0.5) is 10.1 Å². The number of amides is 2. The van der Waals surface area contributed by atoms with E-state index in [1.54, 1.807) is 43.3 Å². The van der Waals surface area contributed by atoms with E-state index < -0.39 is 11.7 Å². The predicted molar refractivity (Wildman–Crippen MR) is 118 cm³/mol. The van der Waals surface area contributed by atoms with Crippen molar-refractivity contribution >= 4 is 28.5 Å². The Balaban J connectivity index is 1.49. The highest BCUT2D eigenvalue weighted by molar-refractivity contribution is 6.10. The van der Waals surface area contributed by atoms with Crippen LogP contribution in [0.1, 0.15) is 32.0 Å². The smallest absolute Gasteiger partial charge is 0.291 e. The first kappa shape index (κ1) is 20.3. The number of nitrogens with one attached hydrogen (secondary N) is 2. The van der Waals surface area contributed by atoms with Gasteiger partial charge in [0.05, 0.1) is 11.3 Å². The zero-order chi connectivity index (χ0) is 21.8. The fraction of sp³-hybridized carbons (Fsp3) is 0.120. The molecule has 0 atom stereocenters. The number of aryl methyl sites for hydroxylation is 1. The summed E-state index contributed by atoms with van der Waals surface area (Å²) in [6, 6.07) is 21.1. The number of halogens is 1. The average molecular weight is 416 g/mol. The minimum Gasteiger partial charge on any atom is -0.448 e. The van der Waals surface area contributed by atoms with Crippen molar-refractivity contribution in [3.05, 3.63) is 101 Å². The fourth-order valence-corrected chi connectivity index (χ4v) is 3.45. The maximum atomic E-state index is 14.0. The number of benzene rings is 3. The third kappa shape index (κ3) is 4.33. The van der Waals surface area contributed by atoms with E-state index in [0.717, 1.165) is 5.56 Å². The van der Waals surface area contributed by atoms with Crippen molar-refractivity contribution in [3.8, 4) is 0 Å². The molecular weight excluding hydrogens is 395 g/mol. The molecule has 0 bridgehead atoms. The summed E-state index contributed by atoms with van der Waals surface area (Å²) in [6.07, 6.45) is 0.699. The Morgan fingerprint density at radius 1 is 0.903 bits per heavy atom. The fourth-order valence-electron chi connectivity index (χ4n) is 3.45. The number of furan rings is 1. The summed E-state index contributed by atoms with van der Waals surface area (Å²) in [5.74, 6) is -1.35. The van der Waals surface area contributed by atoms with Crippen LogP contribution >= 0.6 is 0 Å². The molecule has 4 rings (SSSR count). The van der Waals surface area contributed by atoms with Crippen molar-refractivity contribution in [2.24, 2.45) is 0 Å². The highest BCUT2D eigenvalue weighted by Gasteiger charge is 2.21. The van der Waals surface area contributed by atoms with Crippen LogP contribution in [0.25, 0.3) is 11.0 Å². The molecule has 156 valence electrons. The van der Waals surface area contributed by atoms with Gasteiger partial charge in [-0.2, -0.15) is 0 Å². The van der Waals surface area contributed by atoms with Crippen LogP contribution in [0.5, 0.6) is 0 Å². The van der Waals surface area contributed by atoms with E-state index in [2.05, 4.69) is 10.6 Å². The van der Waals surface area contributed by atoms with Crippen LogP contribution in [0, 0.1) is 12.7 Å². The van der Waals surface area contributed by atoms with Crippen molar-refractivity contribution < 1.29 is 18.4 Å². The number of carbonyl (C=O) groups is 2. The van der Waals surface area contributed by atoms with E-state index in [0.29, 0.717) is 35.2 Å². The van der Waals surface area contributed by atoms with Crippen molar-refractivity contribution in [2.45, 2.75) is 13.3 Å². The van der Waals surface area contributed by atoms with Gasteiger partial charge in [0.1, 0.15) is 0 Å². The molecular formula is C25H21FN2O3. The number of hydrogen-bond donors (Lipinski definition) is 2. The molecule has 0 aliphatic rings. The van der Waals surface area contributed by atoms with Crippen molar-refractivity contribution in [2.75, 3.05) is 11.9 Å². The van der Waals surface area contributed by atoms with E-state index in [4.69, 9.17) is 4.42 Å². The summed E-state index contributed by atoms with van der Waals surface area (Å²) in [7, 11) is 0. The molecule has 6 heteroatoms. The second kappa shape index (κ2) is 8.83. The summed E-state index contributed by atoms with van der Waals surface area (Å²) in [5, 5.41) is 6.14. The van der Waals surface area contributed by atoms with E-state index in [-0.39, 0.29) is 17.3 Å². The third-order valence-electron chi connectivity index (χ3n) is 5.08. The van der Waals surface area contributed by atoms with Crippen LogP contribution in [0.3, 0.4) is 0 Å². The molecule has 2 N–H and O–H groups in total. The zero-order valence-corrected chi connectivity index (χ0v) is 16.9. The van der Waals surface area contributed by atoms with Crippen LogP contribution < -0.4 is 10.6 Å². The normalized spacial score (nSPS) is 10.8. The molecule has 1 aromatic heterocycles. The van der Waals surface area contributed by atoms with Gasteiger partial charge in [-0.3, -0.25) is 9.59 Å². The maximum Gasteiger partial charge on any atom is 0.291 e. The quantitative estimate of drug-likeness (QED) is 0.459. The highest BCUT2D eigenvalue weighted by Crippen LogP contribution is 2.28. The van der Waals surface area contributed by atoms with Gasteiger partial charge in [-0.05, 0) is 37.1 Å². The van der Waals surface area contributed by atoms with Crippen molar-refractivity contribution in [1.29, 1.82) is 0 Å². The van der Waals surface area contributed by atoms with E-state index >= 15 is 0 Å². The number of carbonyl (C=O) groups excluding carboxylic acids is 2. The van der Waals surface area contributed by atoms with Gasteiger partial charge in [0.15, 0.2) is 17.2 Å². The molecule has 5 nitrogen and oxygen atoms in total. The van der Waals surface area contributed by atoms with E-state index in [1.165, 1.54) is 6.07 Å². The lowest BCUT2D eigenvalue weighted by Crippen LogP contribution is -2.27. The largest absolute Gasteiger partial charge is 0.448 e. The Labute approximate surface area is 178 Å². The second-order valence-electron chi connectivity index (χ2n) is 7.16. The maximum absolute atomic E-state index is 14.0. The Morgan fingerprint density at radius 2 is 1.65 bits per heavy atom. The Kier molecular flexibility index (Phi) is 5.80. The Hall–Kier alpha value is -3.93. The lowest BCUT2D eigenvalue weighted by Gasteiger charge is -2.11. The lowest BCUT2D eigenvalue weighted by atomic mass is 10.1. The highest BCUT2D eigenvalue weighted by atomic mass is 19.1. The van der Waals surface area contributed by atoms with Gasteiger partial charge in [-0.1, -0.05) is 54.6 Å². The second-order valence-corrected chi connectivity index (χ2v) is 7.16. The number of anilines is 1. The molecule has 2 amide bonds. The summed E-state index contributed by atoms with van der Waals surface area (Å²) >= 11 is 0. The van der Waals surface area contributed by atoms with Gasteiger partial charge >= 0.3 is 0 Å². The lowest BCUT2D eigenvalue weighted by molar-refractivity contribution is 0.0955. The Morgan fingerprint density at radius 3 is 2.42 bits per heavy atom. The average Bonchev–Trinajstić information content (AvgIpc) is 3.13. The molecule has 0 spiro atoms. The number of para-hydroxylation sites is 2. The molecule has 0 saturated heterocycles. The molecule has 0 unspecified atom stereocenters. The molecule has 0 aliphatic carbocycles. The first-order valence-corrected chi connectivity index (χ1v) is 9.94. The topological polar surface area (TPSA) is 71.3 Å². The summed E-state index contributed by atoms with van der Waals surface area (Å²) in [5.41, 5.74) is 2.39. The minimum absolute atomic E-state index is 0.0133. The molecule has 0 fully saturated rings. The van der Waals surface area contributed by atoms with Gasteiger partial charge in [0.2, 0.25) is 0 Å². The van der Waals surface area contributed by atoms with Gasteiger partial charge in [0.25, 0.3) is 11.8 Å². The standard InChI is InChI=1S/C25H21FN2O3/c1-16-18-11-7-12-20(26)23(18)31-22(16)25(30)28-21-13-6-5-10-19(21)24(29)27-15-14-17-8-3-2-4-9-17/h2-13H,14-15H2,1H3,(H,27,29)(H,28,30). The first-order chi connectivity index (χ1) is 15.0. The SMILES string of the molecule is Cc1c(C(=O)Nc2ccccc2C(=O)NCCc2ccccc2)oc2c(F)cccc12. The van der Waals surface area contributed by atoms with Gasteiger partial charge < -0.3 is 15.1 Å². The summed E-state index contributed by atoms with van der Waals surface area (Å²) in [6.45, 7) is 2.16. The molecule has 0 radical (unpaired) electrons.